The van der Waals surface area contributed by atoms with Crippen molar-refractivity contribution >= 4 is 11.8 Å². The number of hydrogen-bond donors (Lipinski definition) is 6. The van der Waals surface area contributed by atoms with E-state index in [-0.39, 0.29) is 50.5 Å². The van der Waals surface area contributed by atoms with E-state index in [2.05, 4.69) is 16.6 Å². The minimum absolute atomic E-state index is 0.111. The molecule has 1 saturated carbocycles. The van der Waals surface area contributed by atoms with Crippen LogP contribution in [-0.2, 0) is 28.7 Å². The van der Waals surface area contributed by atoms with Gasteiger partial charge in [0.25, 0.3) is 0 Å². The fraction of sp³-hybridized carbons (Fsp3) is 0.852. The number of ketones is 1. The molecule has 0 aromatic rings. The molecule has 0 spiro atoms. The van der Waals surface area contributed by atoms with Crippen LogP contribution >= 0.6 is 0 Å². The van der Waals surface area contributed by atoms with Gasteiger partial charge in [-0.15, -0.1) is 0 Å². The molecule has 0 heterocycles. The molecule has 6 N–H and O–H groups in total. The highest BCUT2D eigenvalue weighted by atomic mass is 17.1. The summed E-state index contributed by atoms with van der Waals surface area (Å²) in [5, 5.41) is 54.2. The van der Waals surface area contributed by atoms with Gasteiger partial charge in [0, 0.05) is 19.3 Å². The monoisotopic (exact) mass is 594 g/mol. The van der Waals surface area contributed by atoms with Crippen LogP contribution < -0.4 is 0 Å². The molecule has 1 unspecified atom stereocenters. The SMILES string of the molecule is CCCCCCCC(=O)CC[C@@H]1[C@@H](C/C=C\CCCC(=O)OCC(CON(O)O)OCCON(O)O)[C@@H](O)C[C@H]1O. The van der Waals surface area contributed by atoms with E-state index in [1.54, 1.807) is 0 Å². The lowest BCUT2D eigenvalue weighted by Gasteiger charge is -2.22. The van der Waals surface area contributed by atoms with Crippen molar-refractivity contribution in [3.8, 4) is 0 Å². The molecule has 1 aliphatic carbocycles. The Morgan fingerprint density at radius 1 is 0.829 bits per heavy atom. The third kappa shape index (κ3) is 18.6. The Labute approximate surface area is 241 Å². The van der Waals surface area contributed by atoms with Gasteiger partial charge in [0.05, 0.1) is 36.2 Å². The lowest BCUT2D eigenvalue weighted by molar-refractivity contribution is -0.497. The number of carbonyl (C=O) groups is 2. The number of hydrogen-bond acceptors (Lipinski definition) is 14. The van der Waals surface area contributed by atoms with E-state index in [9.17, 15) is 19.8 Å². The zero-order chi connectivity index (χ0) is 30.5. The molecular weight excluding hydrogens is 544 g/mol. The second-order valence-corrected chi connectivity index (χ2v) is 10.3. The van der Waals surface area contributed by atoms with Crippen molar-refractivity contribution in [2.24, 2.45) is 11.8 Å². The average Bonchev–Trinajstić information content (AvgIpc) is 3.19. The summed E-state index contributed by atoms with van der Waals surface area (Å²) in [6.07, 6.45) is 11.0. The summed E-state index contributed by atoms with van der Waals surface area (Å²) in [6.45, 7) is 1.19. The van der Waals surface area contributed by atoms with Crippen LogP contribution in [0.1, 0.15) is 90.4 Å². The van der Waals surface area contributed by atoms with Crippen molar-refractivity contribution in [3.63, 3.8) is 0 Å². The van der Waals surface area contributed by atoms with Crippen LogP contribution in [0.3, 0.4) is 0 Å². The molecule has 0 aromatic heterocycles. The molecule has 1 aliphatic rings. The summed E-state index contributed by atoms with van der Waals surface area (Å²) in [7, 11) is 0. The number of allylic oxidation sites excluding steroid dienone is 2. The van der Waals surface area contributed by atoms with Gasteiger partial charge in [0.15, 0.2) is 0 Å². The van der Waals surface area contributed by atoms with E-state index in [0.717, 1.165) is 19.3 Å². The van der Waals surface area contributed by atoms with E-state index < -0.39 is 35.1 Å². The summed E-state index contributed by atoms with van der Waals surface area (Å²) in [5.41, 5.74) is 0. The second kappa shape index (κ2) is 23.0. The fourth-order valence-electron chi connectivity index (χ4n) is 4.91. The highest BCUT2D eigenvalue weighted by molar-refractivity contribution is 5.78. The molecule has 0 radical (unpaired) electrons. The minimum Gasteiger partial charge on any atom is -0.463 e. The van der Waals surface area contributed by atoms with Gasteiger partial charge in [0.1, 0.15) is 25.1 Å². The van der Waals surface area contributed by atoms with Gasteiger partial charge < -0.3 is 19.7 Å². The van der Waals surface area contributed by atoms with Crippen LogP contribution in [0.25, 0.3) is 0 Å². The number of aliphatic hydroxyl groups excluding tert-OH is 2. The van der Waals surface area contributed by atoms with Crippen LogP contribution in [0, 0.1) is 11.8 Å². The Bertz CT molecular complexity index is 724. The predicted molar refractivity (Wildman–Crippen MR) is 142 cm³/mol. The average molecular weight is 595 g/mol. The Hall–Kier alpha value is -1.56. The molecule has 0 aliphatic heterocycles. The first kappa shape index (κ1) is 37.5. The number of ether oxygens (including phenoxy) is 2. The molecule has 0 amide bonds. The molecule has 41 heavy (non-hydrogen) atoms. The molecule has 0 bridgehead atoms. The highest BCUT2D eigenvalue weighted by Gasteiger charge is 2.40. The molecule has 0 saturated heterocycles. The third-order valence-corrected chi connectivity index (χ3v) is 7.11. The van der Waals surface area contributed by atoms with E-state index in [4.69, 9.17) is 30.3 Å². The molecule has 14 nitrogen and oxygen atoms in total. The minimum atomic E-state index is -0.877. The Kier molecular flexibility index (Phi) is 21.0. The van der Waals surface area contributed by atoms with Crippen molar-refractivity contribution < 1.29 is 59.8 Å². The summed E-state index contributed by atoms with van der Waals surface area (Å²) in [6, 6.07) is 0. The lowest BCUT2D eigenvalue weighted by Crippen LogP contribution is -2.32. The molecule has 0 aromatic carbocycles. The van der Waals surface area contributed by atoms with Crippen molar-refractivity contribution in [1.29, 1.82) is 0 Å². The quantitative estimate of drug-likeness (QED) is 0.0390. The van der Waals surface area contributed by atoms with Crippen molar-refractivity contribution in [3.05, 3.63) is 12.2 Å². The Morgan fingerprint density at radius 3 is 2.24 bits per heavy atom. The summed E-state index contributed by atoms with van der Waals surface area (Å²) >= 11 is 0. The van der Waals surface area contributed by atoms with E-state index in [0.29, 0.717) is 44.9 Å². The molecule has 240 valence electrons. The van der Waals surface area contributed by atoms with Crippen LogP contribution in [0.2, 0.25) is 0 Å². The first-order valence-corrected chi connectivity index (χ1v) is 14.6. The lowest BCUT2D eigenvalue weighted by atomic mass is 9.86. The molecular formula is C27H50N2O12. The maximum absolute atomic E-state index is 12.3. The highest BCUT2D eigenvalue weighted by Crippen LogP contribution is 2.38. The number of esters is 1. The van der Waals surface area contributed by atoms with E-state index in [1.165, 1.54) is 12.8 Å². The van der Waals surface area contributed by atoms with Gasteiger partial charge in [-0.3, -0.25) is 30.4 Å². The van der Waals surface area contributed by atoms with Gasteiger partial charge >= 0.3 is 5.97 Å². The smallest absolute Gasteiger partial charge is 0.305 e. The fourth-order valence-corrected chi connectivity index (χ4v) is 4.91. The first-order valence-electron chi connectivity index (χ1n) is 14.6. The third-order valence-electron chi connectivity index (χ3n) is 7.11. The molecule has 1 rings (SSSR count). The van der Waals surface area contributed by atoms with Crippen LogP contribution in [0.4, 0.5) is 0 Å². The number of carbonyl (C=O) groups excluding carboxylic acids is 2. The number of rotatable bonds is 25. The zero-order valence-corrected chi connectivity index (χ0v) is 24.1. The van der Waals surface area contributed by atoms with Gasteiger partial charge in [-0.05, 0) is 50.4 Å². The predicted octanol–water partition coefficient (Wildman–Crippen LogP) is 3.12. The Balaban J connectivity index is 2.32. The maximum Gasteiger partial charge on any atom is 0.305 e. The van der Waals surface area contributed by atoms with E-state index in [1.807, 2.05) is 12.2 Å². The van der Waals surface area contributed by atoms with Crippen molar-refractivity contribution in [1.82, 2.24) is 10.8 Å². The molecule has 14 heteroatoms. The topological polar surface area (TPSA) is 199 Å². The largest absolute Gasteiger partial charge is 0.463 e. The molecule has 5 atom stereocenters. The van der Waals surface area contributed by atoms with Crippen molar-refractivity contribution in [2.45, 2.75) is 109 Å². The number of Topliss-reactive ketones (excluding diaryl/α,β-unsaturated/α-hetero) is 1. The number of aliphatic hydroxyl groups is 2. The van der Waals surface area contributed by atoms with Gasteiger partial charge in [-0.25, -0.2) is 9.68 Å². The normalized spacial score (nSPS) is 21.8. The summed E-state index contributed by atoms with van der Waals surface area (Å²) in [4.78, 5) is 33.2. The van der Waals surface area contributed by atoms with Crippen LogP contribution in [-0.4, -0.2) is 98.3 Å². The van der Waals surface area contributed by atoms with Crippen LogP contribution in [0.15, 0.2) is 12.2 Å². The van der Waals surface area contributed by atoms with Crippen molar-refractivity contribution in [2.75, 3.05) is 26.4 Å². The van der Waals surface area contributed by atoms with Gasteiger partial charge in [-0.1, -0.05) is 44.8 Å². The van der Waals surface area contributed by atoms with Crippen LogP contribution in [0.5, 0.6) is 0 Å². The van der Waals surface area contributed by atoms with E-state index >= 15 is 0 Å². The maximum atomic E-state index is 12.3. The zero-order valence-electron chi connectivity index (χ0n) is 24.1. The first-order chi connectivity index (χ1) is 19.6. The summed E-state index contributed by atoms with van der Waals surface area (Å²) in [5.74, 6) is -0.498. The Morgan fingerprint density at radius 2 is 1.54 bits per heavy atom. The number of unbranched alkanes of at least 4 members (excludes halogenated alkanes) is 5. The molecule has 1 fully saturated rings. The standard InChI is InChI=1S/C27H50N2O12/c1-2-3-4-5-8-11-21(30)14-15-24-23(25(31)18-26(24)32)12-9-6-7-10-13-27(33)39-19-22(20-41-29(36)37)38-16-17-40-28(34)35/h6,9,22-26,31-32,34-37H,2-5,7-8,10-20H2,1H3/b9-6-/t22?,23-,24-,25+,26-/m1/s1. The summed E-state index contributed by atoms with van der Waals surface area (Å²) < 4.78 is 10.4. The van der Waals surface area contributed by atoms with Gasteiger partial charge in [0.2, 0.25) is 0 Å². The second-order valence-electron chi connectivity index (χ2n) is 10.3. The van der Waals surface area contributed by atoms with Gasteiger partial charge in [-0.2, -0.15) is 0 Å². The number of nitrogens with zero attached hydrogens (tertiary/aromatic N) is 2.